The summed E-state index contributed by atoms with van der Waals surface area (Å²) in [6, 6.07) is 3.73. The first-order valence-corrected chi connectivity index (χ1v) is 4.60. The first kappa shape index (κ1) is 10.8. The first-order chi connectivity index (χ1) is 6.59. The molecule has 0 saturated heterocycles. The molecule has 0 bridgehead atoms. The molecule has 4 heteroatoms. The SMILES string of the molecule is CN(C)CCn1cccc1CC(=O)O. The zero-order valence-corrected chi connectivity index (χ0v) is 8.60. The number of likely N-dealkylation sites (N-methyl/N-ethyl adjacent to an activating group) is 1. The van der Waals surface area contributed by atoms with Crippen molar-refractivity contribution in [3.63, 3.8) is 0 Å². The smallest absolute Gasteiger partial charge is 0.309 e. The fourth-order valence-corrected chi connectivity index (χ4v) is 1.29. The lowest BCUT2D eigenvalue weighted by atomic mass is 10.3. The second kappa shape index (κ2) is 4.81. The maximum atomic E-state index is 10.5. The van der Waals surface area contributed by atoms with E-state index < -0.39 is 5.97 Å². The second-order valence-corrected chi connectivity index (χ2v) is 3.57. The van der Waals surface area contributed by atoms with Gasteiger partial charge in [0.1, 0.15) is 0 Å². The highest BCUT2D eigenvalue weighted by Gasteiger charge is 2.05. The predicted molar refractivity (Wildman–Crippen MR) is 54.3 cm³/mol. The maximum Gasteiger partial charge on any atom is 0.309 e. The van der Waals surface area contributed by atoms with Crippen LogP contribution in [0.5, 0.6) is 0 Å². The topological polar surface area (TPSA) is 45.5 Å². The van der Waals surface area contributed by atoms with Gasteiger partial charge in [-0.15, -0.1) is 0 Å². The molecule has 0 atom stereocenters. The van der Waals surface area contributed by atoms with Crippen molar-refractivity contribution in [2.45, 2.75) is 13.0 Å². The minimum atomic E-state index is -0.783. The number of hydrogen-bond donors (Lipinski definition) is 1. The monoisotopic (exact) mass is 196 g/mol. The number of aliphatic carboxylic acids is 1. The van der Waals surface area contributed by atoms with Crippen LogP contribution < -0.4 is 0 Å². The van der Waals surface area contributed by atoms with Gasteiger partial charge in [0.05, 0.1) is 6.42 Å². The quantitative estimate of drug-likeness (QED) is 0.753. The fourth-order valence-electron chi connectivity index (χ4n) is 1.29. The number of carboxylic acid groups (broad SMARTS) is 1. The highest BCUT2D eigenvalue weighted by Crippen LogP contribution is 2.03. The molecule has 0 radical (unpaired) electrons. The Kier molecular flexibility index (Phi) is 3.71. The van der Waals surface area contributed by atoms with E-state index in [1.54, 1.807) is 0 Å². The zero-order chi connectivity index (χ0) is 10.6. The average Bonchev–Trinajstić information content (AvgIpc) is 2.47. The molecule has 1 rings (SSSR count). The summed E-state index contributed by atoms with van der Waals surface area (Å²) >= 11 is 0. The molecular formula is C10H16N2O2. The standard InChI is InChI=1S/C10H16N2O2/c1-11(2)6-7-12-5-3-4-9(12)8-10(13)14/h3-5H,6-8H2,1-2H3,(H,13,14). The van der Waals surface area contributed by atoms with E-state index in [0.29, 0.717) is 0 Å². The minimum absolute atomic E-state index is 0.0976. The minimum Gasteiger partial charge on any atom is -0.481 e. The molecule has 4 nitrogen and oxygen atoms in total. The summed E-state index contributed by atoms with van der Waals surface area (Å²) in [4.78, 5) is 12.6. The van der Waals surface area contributed by atoms with Crippen LogP contribution in [0.15, 0.2) is 18.3 Å². The van der Waals surface area contributed by atoms with Crippen LogP contribution >= 0.6 is 0 Å². The highest BCUT2D eigenvalue weighted by molar-refractivity contribution is 5.69. The van der Waals surface area contributed by atoms with Crippen LogP contribution in [0.4, 0.5) is 0 Å². The van der Waals surface area contributed by atoms with Crippen LogP contribution in [0.25, 0.3) is 0 Å². The van der Waals surface area contributed by atoms with Crippen molar-refractivity contribution < 1.29 is 9.90 Å². The van der Waals surface area contributed by atoms with Gasteiger partial charge in [-0.2, -0.15) is 0 Å². The Bertz CT molecular complexity index is 305. The summed E-state index contributed by atoms with van der Waals surface area (Å²) in [5, 5.41) is 8.66. The molecule has 14 heavy (non-hydrogen) atoms. The molecule has 0 fully saturated rings. The van der Waals surface area contributed by atoms with Crippen molar-refractivity contribution in [3.8, 4) is 0 Å². The summed E-state index contributed by atoms with van der Waals surface area (Å²) < 4.78 is 1.98. The van der Waals surface area contributed by atoms with Gasteiger partial charge in [0.15, 0.2) is 0 Å². The van der Waals surface area contributed by atoms with Crippen molar-refractivity contribution >= 4 is 5.97 Å². The van der Waals surface area contributed by atoms with Crippen LogP contribution in [-0.4, -0.2) is 41.2 Å². The molecule has 0 aliphatic rings. The maximum absolute atomic E-state index is 10.5. The Balaban J connectivity index is 2.58. The van der Waals surface area contributed by atoms with Crippen LogP contribution in [0.3, 0.4) is 0 Å². The normalized spacial score (nSPS) is 10.8. The number of hydrogen-bond acceptors (Lipinski definition) is 2. The van der Waals surface area contributed by atoms with Crippen molar-refractivity contribution in [2.24, 2.45) is 0 Å². The number of rotatable bonds is 5. The largest absolute Gasteiger partial charge is 0.481 e. The van der Waals surface area contributed by atoms with Gasteiger partial charge in [0.2, 0.25) is 0 Å². The fraction of sp³-hybridized carbons (Fsp3) is 0.500. The van der Waals surface area contributed by atoms with Gasteiger partial charge in [-0.1, -0.05) is 0 Å². The van der Waals surface area contributed by atoms with Crippen LogP contribution in [-0.2, 0) is 17.8 Å². The summed E-state index contributed by atoms with van der Waals surface area (Å²) in [6.07, 6.45) is 2.02. The van der Waals surface area contributed by atoms with Crippen LogP contribution in [0, 0.1) is 0 Å². The molecule has 0 unspecified atom stereocenters. The molecule has 0 aliphatic carbocycles. The molecule has 0 aromatic carbocycles. The zero-order valence-electron chi connectivity index (χ0n) is 8.60. The Morgan fingerprint density at radius 3 is 2.86 bits per heavy atom. The third-order valence-electron chi connectivity index (χ3n) is 2.04. The lowest BCUT2D eigenvalue weighted by molar-refractivity contribution is -0.136. The van der Waals surface area contributed by atoms with Gasteiger partial charge in [-0.3, -0.25) is 4.79 Å². The van der Waals surface area contributed by atoms with Gasteiger partial charge < -0.3 is 14.6 Å². The van der Waals surface area contributed by atoms with E-state index in [1.165, 1.54) is 0 Å². The van der Waals surface area contributed by atoms with Gasteiger partial charge in [-0.05, 0) is 26.2 Å². The molecule has 1 aromatic heterocycles. The first-order valence-electron chi connectivity index (χ1n) is 4.60. The average molecular weight is 196 g/mol. The van der Waals surface area contributed by atoms with Crippen LogP contribution in [0.1, 0.15) is 5.69 Å². The van der Waals surface area contributed by atoms with Gasteiger partial charge in [0.25, 0.3) is 0 Å². The highest BCUT2D eigenvalue weighted by atomic mass is 16.4. The number of aromatic nitrogens is 1. The van der Waals surface area contributed by atoms with E-state index in [9.17, 15) is 4.79 Å². The van der Waals surface area contributed by atoms with Crippen molar-refractivity contribution in [1.82, 2.24) is 9.47 Å². The molecule has 0 saturated carbocycles. The molecular weight excluding hydrogens is 180 g/mol. The van der Waals surface area contributed by atoms with Crippen molar-refractivity contribution in [2.75, 3.05) is 20.6 Å². The molecule has 1 heterocycles. The van der Waals surface area contributed by atoms with Gasteiger partial charge >= 0.3 is 5.97 Å². The Morgan fingerprint density at radius 1 is 1.57 bits per heavy atom. The second-order valence-electron chi connectivity index (χ2n) is 3.57. The summed E-state index contributed by atoms with van der Waals surface area (Å²) in [5.74, 6) is -0.783. The lowest BCUT2D eigenvalue weighted by Gasteiger charge is -2.12. The molecule has 1 N–H and O–H groups in total. The van der Waals surface area contributed by atoms with E-state index in [1.807, 2.05) is 37.0 Å². The Labute approximate surface area is 83.8 Å². The third kappa shape index (κ3) is 3.22. The Morgan fingerprint density at radius 2 is 2.29 bits per heavy atom. The summed E-state index contributed by atoms with van der Waals surface area (Å²) in [5.41, 5.74) is 0.861. The van der Waals surface area contributed by atoms with Gasteiger partial charge in [0, 0.05) is 25.0 Å². The number of carboxylic acids is 1. The van der Waals surface area contributed by atoms with Gasteiger partial charge in [-0.25, -0.2) is 0 Å². The summed E-state index contributed by atoms with van der Waals surface area (Å²) in [6.45, 7) is 1.75. The number of carbonyl (C=O) groups is 1. The van der Waals surface area contributed by atoms with E-state index >= 15 is 0 Å². The third-order valence-corrected chi connectivity index (χ3v) is 2.04. The van der Waals surface area contributed by atoms with E-state index in [2.05, 4.69) is 4.90 Å². The van der Waals surface area contributed by atoms with Crippen molar-refractivity contribution in [3.05, 3.63) is 24.0 Å². The molecule has 0 aliphatic heterocycles. The molecule has 1 aromatic rings. The van der Waals surface area contributed by atoms with Crippen LogP contribution in [0.2, 0.25) is 0 Å². The van der Waals surface area contributed by atoms with Crippen molar-refractivity contribution in [1.29, 1.82) is 0 Å². The van der Waals surface area contributed by atoms with E-state index in [-0.39, 0.29) is 6.42 Å². The van der Waals surface area contributed by atoms with E-state index in [4.69, 9.17) is 5.11 Å². The molecule has 0 amide bonds. The predicted octanol–water partition coefficient (Wildman–Crippen LogP) is 0.677. The number of nitrogens with zero attached hydrogens (tertiary/aromatic N) is 2. The molecule has 0 spiro atoms. The lowest BCUT2D eigenvalue weighted by Crippen LogP contribution is -2.19. The summed E-state index contributed by atoms with van der Waals surface area (Å²) in [7, 11) is 4.00. The Hall–Kier alpha value is -1.29. The van der Waals surface area contributed by atoms with E-state index in [0.717, 1.165) is 18.8 Å². The molecule has 78 valence electrons.